The number of carbonyl (C=O) groups excluding carboxylic acids is 2. The van der Waals surface area contributed by atoms with Gasteiger partial charge in [0.05, 0.1) is 28.4 Å². The molecule has 3 rings (SSSR count). The molecule has 0 aliphatic carbocycles. The molecule has 34 heavy (non-hydrogen) atoms. The first-order valence-electron chi connectivity index (χ1n) is 10.7. The van der Waals surface area contributed by atoms with Crippen LogP contribution in [0.2, 0.25) is 0 Å². The molecule has 2 aromatic rings. The van der Waals surface area contributed by atoms with Crippen LogP contribution in [0.15, 0.2) is 12.1 Å². The Kier molecular flexibility index (Phi) is 8.17. The number of benzene rings is 1. The first kappa shape index (κ1) is 25.1. The zero-order valence-electron chi connectivity index (χ0n) is 20.2. The molecule has 10 heteroatoms. The molecule has 0 saturated heterocycles. The van der Waals surface area contributed by atoms with Gasteiger partial charge in [-0.3, -0.25) is 0 Å². The molecule has 0 fully saturated rings. The molecule has 1 aromatic heterocycles. The SMILES string of the molecule is CCCCc1ccc(C2OC(=O)c3c2nc(C(=O)OC)c(OC)c3OC)c(OCOC)c1OC. The van der Waals surface area contributed by atoms with E-state index in [-0.39, 0.29) is 35.2 Å². The molecule has 0 amide bonds. The van der Waals surface area contributed by atoms with Gasteiger partial charge < -0.3 is 33.2 Å². The lowest BCUT2D eigenvalue weighted by Crippen LogP contribution is -2.13. The molecule has 0 N–H and O–H groups in total. The van der Waals surface area contributed by atoms with Crippen molar-refractivity contribution in [3.8, 4) is 23.0 Å². The number of methoxy groups -OCH3 is 5. The average Bonchev–Trinajstić information content (AvgIpc) is 3.19. The van der Waals surface area contributed by atoms with Crippen molar-refractivity contribution in [3.63, 3.8) is 0 Å². The summed E-state index contributed by atoms with van der Waals surface area (Å²) < 4.78 is 38.0. The molecule has 0 radical (unpaired) electrons. The van der Waals surface area contributed by atoms with Crippen molar-refractivity contribution in [2.45, 2.75) is 32.3 Å². The van der Waals surface area contributed by atoms with Crippen molar-refractivity contribution in [2.24, 2.45) is 0 Å². The molecular formula is C24H29NO9. The van der Waals surface area contributed by atoms with E-state index in [0.29, 0.717) is 17.1 Å². The minimum absolute atomic E-state index is 0.0194. The van der Waals surface area contributed by atoms with Crippen LogP contribution in [0.3, 0.4) is 0 Å². The van der Waals surface area contributed by atoms with E-state index in [1.807, 2.05) is 6.07 Å². The van der Waals surface area contributed by atoms with Gasteiger partial charge in [-0.2, -0.15) is 0 Å². The zero-order valence-corrected chi connectivity index (χ0v) is 20.2. The fourth-order valence-corrected chi connectivity index (χ4v) is 3.88. The molecular weight excluding hydrogens is 446 g/mol. The fraction of sp³-hybridized carbons (Fsp3) is 0.458. The van der Waals surface area contributed by atoms with Crippen LogP contribution in [0.25, 0.3) is 0 Å². The van der Waals surface area contributed by atoms with Crippen LogP contribution in [0.5, 0.6) is 23.0 Å². The van der Waals surface area contributed by atoms with Crippen molar-refractivity contribution in [1.29, 1.82) is 0 Å². The van der Waals surface area contributed by atoms with Gasteiger partial charge in [0.1, 0.15) is 11.3 Å². The second kappa shape index (κ2) is 11.1. The first-order valence-corrected chi connectivity index (χ1v) is 10.7. The standard InChI is InChI=1S/C24H29NO9/c1-7-8-9-13-10-11-14(20(18(13)29-3)33-12-28-2)19-16-15(23(26)34-19)21(30-4)22(31-5)17(25-16)24(27)32-6/h10-11,19H,7-9,12H2,1-6H3. The van der Waals surface area contributed by atoms with E-state index in [9.17, 15) is 9.59 Å². The fourth-order valence-electron chi connectivity index (χ4n) is 3.88. The average molecular weight is 475 g/mol. The molecule has 0 spiro atoms. The lowest BCUT2D eigenvalue weighted by Gasteiger charge is -2.21. The summed E-state index contributed by atoms with van der Waals surface area (Å²) in [5.41, 5.74) is 1.52. The Balaban J connectivity index is 2.25. The third-order valence-corrected chi connectivity index (χ3v) is 5.43. The van der Waals surface area contributed by atoms with Gasteiger partial charge in [0.15, 0.2) is 41.6 Å². The smallest absolute Gasteiger partial charge is 0.360 e. The van der Waals surface area contributed by atoms with Gasteiger partial charge in [0.25, 0.3) is 0 Å². The van der Waals surface area contributed by atoms with Crippen LogP contribution >= 0.6 is 0 Å². The maximum Gasteiger partial charge on any atom is 0.360 e. The largest absolute Gasteiger partial charge is 0.493 e. The summed E-state index contributed by atoms with van der Waals surface area (Å²) in [7, 11) is 6.97. The zero-order chi connectivity index (χ0) is 24.8. The van der Waals surface area contributed by atoms with Gasteiger partial charge in [-0.25, -0.2) is 14.6 Å². The highest BCUT2D eigenvalue weighted by molar-refractivity contribution is 6.01. The number of carbonyl (C=O) groups is 2. The topological polar surface area (TPSA) is 112 Å². The minimum atomic E-state index is -0.994. The van der Waals surface area contributed by atoms with Crippen LogP contribution in [-0.2, 0) is 20.6 Å². The van der Waals surface area contributed by atoms with Crippen LogP contribution < -0.4 is 18.9 Å². The Labute approximate surface area is 198 Å². The number of aryl methyl sites for hydroxylation is 1. The van der Waals surface area contributed by atoms with E-state index in [4.69, 9.17) is 33.2 Å². The van der Waals surface area contributed by atoms with E-state index in [2.05, 4.69) is 11.9 Å². The van der Waals surface area contributed by atoms with E-state index in [0.717, 1.165) is 24.8 Å². The van der Waals surface area contributed by atoms with Crippen molar-refractivity contribution in [2.75, 3.05) is 42.3 Å². The normalized spacial score (nSPS) is 14.3. The van der Waals surface area contributed by atoms with Crippen molar-refractivity contribution < 1.29 is 42.7 Å². The molecule has 184 valence electrons. The minimum Gasteiger partial charge on any atom is -0.493 e. The highest BCUT2D eigenvalue weighted by Gasteiger charge is 2.42. The lowest BCUT2D eigenvalue weighted by molar-refractivity contribution is 0.0383. The van der Waals surface area contributed by atoms with Crippen molar-refractivity contribution >= 4 is 11.9 Å². The number of aromatic nitrogens is 1. The number of cyclic esters (lactones) is 1. The summed E-state index contributed by atoms with van der Waals surface area (Å²) in [5.74, 6) is -0.536. The molecule has 1 aliphatic heterocycles. The Hall–Kier alpha value is -3.53. The van der Waals surface area contributed by atoms with Crippen LogP contribution in [-0.4, -0.2) is 59.3 Å². The van der Waals surface area contributed by atoms with Crippen LogP contribution in [0.4, 0.5) is 0 Å². The maximum atomic E-state index is 12.9. The Morgan fingerprint density at radius 3 is 2.29 bits per heavy atom. The molecule has 1 unspecified atom stereocenters. The van der Waals surface area contributed by atoms with E-state index < -0.39 is 18.0 Å². The summed E-state index contributed by atoms with van der Waals surface area (Å²) in [6, 6.07) is 3.69. The molecule has 1 aliphatic rings. The number of fused-ring (bicyclic) bond motifs is 1. The highest BCUT2D eigenvalue weighted by atomic mass is 16.7. The number of hydrogen-bond acceptors (Lipinski definition) is 10. The van der Waals surface area contributed by atoms with E-state index in [1.165, 1.54) is 28.4 Å². The van der Waals surface area contributed by atoms with E-state index in [1.54, 1.807) is 13.2 Å². The molecule has 0 bridgehead atoms. The van der Waals surface area contributed by atoms with Crippen LogP contribution in [0.1, 0.15) is 63.5 Å². The monoisotopic (exact) mass is 475 g/mol. The number of ether oxygens (including phenoxy) is 7. The van der Waals surface area contributed by atoms with Crippen LogP contribution in [0, 0.1) is 0 Å². The van der Waals surface area contributed by atoms with Gasteiger partial charge >= 0.3 is 11.9 Å². The molecule has 10 nitrogen and oxygen atoms in total. The second-order valence-corrected chi connectivity index (χ2v) is 7.39. The maximum absolute atomic E-state index is 12.9. The van der Waals surface area contributed by atoms with E-state index >= 15 is 0 Å². The molecule has 1 atom stereocenters. The Morgan fingerprint density at radius 1 is 1.00 bits per heavy atom. The van der Waals surface area contributed by atoms with Gasteiger partial charge in [0, 0.05) is 12.7 Å². The third-order valence-electron chi connectivity index (χ3n) is 5.43. The van der Waals surface area contributed by atoms with Gasteiger partial charge in [-0.05, 0) is 18.4 Å². The molecule has 1 aromatic carbocycles. The first-order chi connectivity index (χ1) is 16.5. The number of pyridine rings is 1. The number of rotatable bonds is 11. The Bertz CT molecular complexity index is 1070. The summed E-state index contributed by atoms with van der Waals surface area (Å²) in [6.45, 7) is 2.05. The predicted octanol–water partition coefficient (Wildman–Crippen LogP) is 3.48. The second-order valence-electron chi connectivity index (χ2n) is 7.39. The van der Waals surface area contributed by atoms with Crippen molar-refractivity contribution in [1.82, 2.24) is 4.98 Å². The molecule has 0 saturated carbocycles. The summed E-state index contributed by atoms with van der Waals surface area (Å²) >= 11 is 0. The number of esters is 2. The summed E-state index contributed by atoms with van der Waals surface area (Å²) in [5, 5.41) is 0. The summed E-state index contributed by atoms with van der Waals surface area (Å²) in [6.07, 6.45) is 1.75. The lowest BCUT2D eigenvalue weighted by atomic mass is 9.97. The number of nitrogens with zero attached hydrogens (tertiary/aromatic N) is 1. The van der Waals surface area contributed by atoms with Gasteiger partial charge in [-0.15, -0.1) is 0 Å². The number of hydrogen-bond donors (Lipinski definition) is 0. The quantitative estimate of drug-likeness (QED) is 0.354. The Morgan fingerprint density at radius 2 is 1.71 bits per heavy atom. The van der Waals surface area contributed by atoms with Gasteiger partial charge in [-0.1, -0.05) is 25.5 Å². The molecule has 2 heterocycles. The van der Waals surface area contributed by atoms with Crippen molar-refractivity contribution in [3.05, 3.63) is 40.2 Å². The summed E-state index contributed by atoms with van der Waals surface area (Å²) in [4.78, 5) is 29.8. The third kappa shape index (κ3) is 4.45. The van der Waals surface area contributed by atoms with Gasteiger partial charge in [0.2, 0.25) is 0 Å². The highest BCUT2D eigenvalue weighted by Crippen LogP contribution is 2.48. The number of unbranched alkanes of at least 4 members (excludes halogenated alkanes) is 1. The predicted molar refractivity (Wildman–Crippen MR) is 120 cm³/mol.